The van der Waals surface area contributed by atoms with Gasteiger partial charge in [-0.1, -0.05) is 18.2 Å². The summed E-state index contributed by atoms with van der Waals surface area (Å²) in [7, 11) is 3.86. The summed E-state index contributed by atoms with van der Waals surface area (Å²) in [5, 5.41) is 14.6. The van der Waals surface area contributed by atoms with Crippen LogP contribution in [0.4, 0.5) is 0 Å². The van der Waals surface area contributed by atoms with E-state index in [0.29, 0.717) is 0 Å². The molecule has 136 valence electrons. The van der Waals surface area contributed by atoms with Gasteiger partial charge in [0.05, 0.1) is 6.20 Å². The highest BCUT2D eigenvalue weighted by Gasteiger charge is 2.13. The fourth-order valence-corrected chi connectivity index (χ4v) is 3.56. The van der Waals surface area contributed by atoms with Crippen molar-refractivity contribution in [2.24, 2.45) is 14.1 Å². The van der Waals surface area contributed by atoms with Crippen LogP contribution < -0.4 is 0 Å². The van der Waals surface area contributed by atoms with E-state index in [2.05, 4.69) is 37.9 Å². The van der Waals surface area contributed by atoms with Gasteiger partial charge in [-0.05, 0) is 30.8 Å². The van der Waals surface area contributed by atoms with Gasteiger partial charge in [0.15, 0.2) is 11.0 Å². The molecule has 1 N–H and O–H groups in total. The molecule has 0 aromatic carbocycles. The largest absolute Gasteiger partial charge is 0.345 e. The van der Waals surface area contributed by atoms with Gasteiger partial charge >= 0.3 is 0 Å². The third kappa shape index (κ3) is 3.43. The zero-order valence-corrected chi connectivity index (χ0v) is 16.2. The lowest BCUT2D eigenvalue weighted by Gasteiger charge is -2.02. The molecule has 0 saturated carbocycles. The van der Waals surface area contributed by atoms with Crippen molar-refractivity contribution in [2.45, 2.75) is 17.0 Å². The van der Waals surface area contributed by atoms with Gasteiger partial charge in [-0.15, -0.1) is 10.2 Å². The minimum Gasteiger partial charge on any atom is -0.345 e. The first-order chi connectivity index (χ1) is 13.0. The number of aryl methyl sites for hydroxylation is 1. The van der Waals surface area contributed by atoms with Crippen molar-refractivity contribution in [3.05, 3.63) is 54.9 Å². The first kappa shape index (κ1) is 17.3. The molecule has 27 heavy (non-hydrogen) atoms. The van der Waals surface area contributed by atoms with E-state index < -0.39 is 0 Å². The molecular weight excluding hydrogens is 358 g/mol. The van der Waals surface area contributed by atoms with Gasteiger partial charge in [0.2, 0.25) is 0 Å². The molecule has 4 rings (SSSR count). The molecule has 0 saturated heterocycles. The molecule has 0 bridgehead atoms. The predicted molar refractivity (Wildman–Crippen MR) is 107 cm³/mol. The summed E-state index contributed by atoms with van der Waals surface area (Å²) in [5.41, 5.74) is 3.88. The van der Waals surface area contributed by atoms with E-state index in [-0.39, 0.29) is 0 Å². The number of pyridine rings is 1. The summed E-state index contributed by atoms with van der Waals surface area (Å²) in [5.74, 6) is 0.787. The second-order valence-electron chi connectivity index (χ2n) is 6.36. The second-order valence-corrected chi connectivity index (χ2v) is 7.37. The van der Waals surface area contributed by atoms with Crippen LogP contribution in [0, 0.1) is 0 Å². The molecule has 0 aliphatic carbocycles. The Bertz CT molecular complexity index is 1160. The summed E-state index contributed by atoms with van der Waals surface area (Å²) in [6.45, 7) is 5.82. The zero-order valence-electron chi connectivity index (χ0n) is 15.3. The first-order valence-corrected chi connectivity index (χ1v) is 9.20. The Morgan fingerprint density at radius 2 is 2.07 bits per heavy atom. The predicted octanol–water partition coefficient (Wildman–Crippen LogP) is 3.83. The van der Waals surface area contributed by atoms with Crippen LogP contribution in [-0.4, -0.2) is 34.5 Å². The van der Waals surface area contributed by atoms with Crippen molar-refractivity contribution >= 4 is 28.9 Å². The van der Waals surface area contributed by atoms with Crippen LogP contribution in [-0.2, 0) is 14.1 Å². The van der Waals surface area contributed by atoms with Crippen LogP contribution in [0.1, 0.15) is 12.7 Å². The van der Waals surface area contributed by atoms with Crippen molar-refractivity contribution in [3.8, 4) is 11.1 Å². The third-order valence-corrected chi connectivity index (χ3v) is 5.21. The molecule has 0 aliphatic rings. The fourth-order valence-electron chi connectivity index (χ4n) is 2.67. The van der Waals surface area contributed by atoms with E-state index in [1.54, 1.807) is 16.4 Å². The number of nitrogens with zero attached hydrogens (tertiary/aromatic N) is 6. The Morgan fingerprint density at radius 3 is 2.81 bits per heavy atom. The first-order valence-electron chi connectivity index (χ1n) is 8.38. The van der Waals surface area contributed by atoms with Crippen molar-refractivity contribution in [1.82, 2.24) is 34.5 Å². The third-order valence-electron chi connectivity index (χ3n) is 4.12. The molecule has 8 heteroatoms. The minimum absolute atomic E-state index is 0.787. The average molecular weight is 377 g/mol. The lowest BCUT2D eigenvalue weighted by atomic mass is 10.1. The number of allylic oxidation sites excluding steroid dienone is 2. The number of rotatable bonds is 5. The van der Waals surface area contributed by atoms with Crippen LogP contribution in [0.5, 0.6) is 0 Å². The standard InChI is InChI=1S/C19H19N7S/c1-12(2)5-6-17-23-24-19(26(17)4)27-16-10-21-18-15(16)7-13(8-20-18)14-9-22-25(3)11-14/h5-11H,1H2,2-4H3,(H,20,21)/b6-5-. The molecule has 4 aromatic rings. The summed E-state index contributed by atoms with van der Waals surface area (Å²) >= 11 is 1.56. The highest BCUT2D eigenvalue weighted by atomic mass is 32.2. The van der Waals surface area contributed by atoms with Crippen molar-refractivity contribution in [2.75, 3.05) is 0 Å². The number of fused-ring (bicyclic) bond motifs is 1. The van der Waals surface area contributed by atoms with Crippen molar-refractivity contribution < 1.29 is 0 Å². The Hall–Kier alpha value is -3.13. The molecule has 0 radical (unpaired) electrons. The number of aromatic amines is 1. The van der Waals surface area contributed by atoms with Crippen molar-refractivity contribution in [1.29, 1.82) is 0 Å². The molecular formula is C19H19N7S. The lowest BCUT2D eigenvalue weighted by Crippen LogP contribution is -1.93. The lowest BCUT2D eigenvalue weighted by molar-refractivity contribution is 0.768. The van der Waals surface area contributed by atoms with Gasteiger partial charge in [-0.25, -0.2) is 4.98 Å². The van der Waals surface area contributed by atoms with E-state index >= 15 is 0 Å². The topological polar surface area (TPSA) is 77.2 Å². The van der Waals surface area contributed by atoms with Gasteiger partial charge in [0, 0.05) is 54.1 Å². The molecule has 7 nitrogen and oxygen atoms in total. The Kier molecular flexibility index (Phi) is 4.41. The highest BCUT2D eigenvalue weighted by Crippen LogP contribution is 2.34. The van der Waals surface area contributed by atoms with Crippen LogP contribution in [0.15, 0.2) is 59.1 Å². The molecule has 0 aliphatic heterocycles. The number of H-pyrrole nitrogens is 1. The summed E-state index contributed by atoms with van der Waals surface area (Å²) in [4.78, 5) is 8.81. The SMILES string of the molecule is C=C(C)/C=C\c1nnc(Sc2c[nH]c3ncc(-c4cnn(C)c4)cc23)n1C. The van der Waals surface area contributed by atoms with Crippen molar-refractivity contribution in [3.63, 3.8) is 0 Å². The molecule has 0 spiro atoms. The van der Waals surface area contributed by atoms with Gasteiger partial charge < -0.3 is 9.55 Å². The maximum absolute atomic E-state index is 4.54. The zero-order chi connectivity index (χ0) is 19.0. The van der Waals surface area contributed by atoms with Crippen LogP contribution in [0.3, 0.4) is 0 Å². The normalized spacial score (nSPS) is 11.7. The number of hydrogen-bond acceptors (Lipinski definition) is 5. The van der Waals surface area contributed by atoms with E-state index in [1.165, 1.54) is 0 Å². The van der Waals surface area contributed by atoms with Gasteiger partial charge in [0.1, 0.15) is 5.65 Å². The maximum Gasteiger partial charge on any atom is 0.196 e. The smallest absolute Gasteiger partial charge is 0.196 e. The number of nitrogens with one attached hydrogen (secondary N) is 1. The maximum atomic E-state index is 4.54. The summed E-state index contributed by atoms with van der Waals surface area (Å²) in [6, 6.07) is 2.12. The monoisotopic (exact) mass is 377 g/mol. The van der Waals surface area contributed by atoms with Crippen LogP contribution in [0.2, 0.25) is 0 Å². The molecule has 0 amide bonds. The Morgan fingerprint density at radius 1 is 1.22 bits per heavy atom. The van der Waals surface area contributed by atoms with E-state index in [9.17, 15) is 0 Å². The molecule has 4 heterocycles. The van der Waals surface area contributed by atoms with Gasteiger partial charge in [-0.3, -0.25) is 4.68 Å². The number of hydrogen-bond donors (Lipinski definition) is 1. The molecule has 0 fully saturated rings. The van der Waals surface area contributed by atoms with E-state index in [1.807, 2.05) is 62.5 Å². The second kappa shape index (κ2) is 6.88. The fraction of sp³-hybridized carbons (Fsp3) is 0.158. The van der Waals surface area contributed by atoms with Crippen LogP contribution in [0.25, 0.3) is 28.2 Å². The summed E-state index contributed by atoms with van der Waals surface area (Å²) < 4.78 is 3.74. The molecule has 0 atom stereocenters. The Balaban J connectivity index is 1.67. The average Bonchev–Trinajstić information content (AvgIpc) is 3.34. The highest BCUT2D eigenvalue weighted by molar-refractivity contribution is 7.99. The number of aromatic nitrogens is 7. The summed E-state index contributed by atoms with van der Waals surface area (Å²) in [6.07, 6.45) is 11.5. The quantitative estimate of drug-likeness (QED) is 0.535. The molecule has 0 unspecified atom stereocenters. The van der Waals surface area contributed by atoms with E-state index in [4.69, 9.17) is 0 Å². The van der Waals surface area contributed by atoms with Gasteiger partial charge in [0.25, 0.3) is 0 Å². The molecule has 4 aromatic heterocycles. The van der Waals surface area contributed by atoms with E-state index in [0.717, 1.165) is 43.6 Å². The van der Waals surface area contributed by atoms with Crippen LogP contribution >= 0.6 is 11.8 Å². The minimum atomic E-state index is 0.787. The van der Waals surface area contributed by atoms with Gasteiger partial charge in [-0.2, -0.15) is 5.10 Å². The Labute approximate surface area is 160 Å².